The van der Waals surface area contributed by atoms with Crippen LogP contribution in [-0.2, 0) is 11.3 Å². The lowest BCUT2D eigenvalue weighted by Gasteiger charge is -2.30. The van der Waals surface area contributed by atoms with Crippen molar-refractivity contribution in [2.45, 2.75) is 32.4 Å². The maximum absolute atomic E-state index is 12.8. The van der Waals surface area contributed by atoms with Gasteiger partial charge in [0, 0.05) is 25.7 Å². The molecule has 1 aromatic carbocycles. The van der Waals surface area contributed by atoms with Gasteiger partial charge in [-0.1, -0.05) is 12.1 Å². The average molecular weight is 355 g/mol. The van der Waals surface area contributed by atoms with Gasteiger partial charge in [-0.05, 0) is 38.6 Å². The quantitative estimate of drug-likeness (QED) is 0.848. The van der Waals surface area contributed by atoms with E-state index in [1.807, 2.05) is 35.0 Å². The first-order chi connectivity index (χ1) is 12.5. The van der Waals surface area contributed by atoms with E-state index in [1.165, 1.54) is 6.92 Å². The Morgan fingerprint density at radius 3 is 2.88 bits per heavy atom. The second kappa shape index (κ2) is 8.14. The molecular weight excluding hydrogens is 330 g/mol. The number of hydrogen-bond acceptors (Lipinski definition) is 4. The largest absolute Gasteiger partial charge is 0.351 e. The molecule has 2 amide bonds. The van der Waals surface area contributed by atoms with E-state index in [1.54, 1.807) is 6.33 Å². The number of amides is 2. The lowest BCUT2D eigenvalue weighted by molar-refractivity contribution is -0.119. The topological polar surface area (TPSA) is 79.3 Å². The molecule has 2 aromatic rings. The Labute approximate surface area is 153 Å². The third kappa shape index (κ3) is 4.49. The second-order valence-electron chi connectivity index (χ2n) is 6.77. The summed E-state index contributed by atoms with van der Waals surface area (Å²) in [5, 5.41) is 5.87. The van der Waals surface area contributed by atoms with Crippen molar-refractivity contribution in [1.82, 2.24) is 25.1 Å². The Balaban J connectivity index is 1.75. The summed E-state index contributed by atoms with van der Waals surface area (Å²) in [6, 6.07) is 7.65. The smallest absolute Gasteiger partial charge is 0.253 e. The molecule has 138 valence electrons. The van der Waals surface area contributed by atoms with Crippen molar-refractivity contribution in [1.29, 1.82) is 0 Å². The molecule has 0 unspecified atom stereocenters. The molecule has 0 saturated carbocycles. The molecule has 7 heteroatoms. The Bertz CT molecular complexity index is 786. The highest BCUT2D eigenvalue weighted by Gasteiger charge is 2.21. The van der Waals surface area contributed by atoms with Gasteiger partial charge in [-0.15, -0.1) is 0 Å². The Morgan fingerprint density at radius 1 is 1.31 bits per heavy atom. The predicted octanol–water partition coefficient (Wildman–Crippen LogP) is 1.33. The average Bonchev–Trinajstić information content (AvgIpc) is 3.09. The standard InChI is InChI=1S/C19H25N5O2/c1-14(25)20-10-16-12-24(13-21-16)18-8-4-3-7-17(18)19(26)22-15-6-5-9-23(2)11-15/h3-4,7-8,12-13,15H,5-6,9-11H2,1-2H3,(H,20,25)(H,22,26)/t15-/m0/s1. The van der Waals surface area contributed by atoms with Crippen LogP contribution in [0.3, 0.4) is 0 Å². The zero-order chi connectivity index (χ0) is 18.5. The highest BCUT2D eigenvalue weighted by molar-refractivity contribution is 5.98. The highest BCUT2D eigenvalue weighted by Crippen LogP contribution is 2.16. The summed E-state index contributed by atoms with van der Waals surface area (Å²) >= 11 is 0. The van der Waals surface area contributed by atoms with Crippen LogP contribution in [0.25, 0.3) is 5.69 Å². The summed E-state index contributed by atoms with van der Waals surface area (Å²) in [6.45, 7) is 3.79. The van der Waals surface area contributed by atoms with Crippen molar-refractivity contribution >= 4 is 11.8 Å². The second-order valence-corrected chi connectivity index (χ2v) is 6.77. The monoisotopic (exact) mass is 355 g/mol. The van der Waals surface area contributed by atoms with Gasteiger partial charge >= 0.3 is 0 Å². The lowest BCUT2D eigenvalue weighted by atomic mass is 10.1. The van der Waals surface area contributed by atoms with Gasteiger partial charge in [0.25, 0.3) is 5.91 Å². The van der Waals surface area contributed by atoms with Crippen molar-refractivity contribution in [2.24, 2.45) is 0 Å². The Kier molecular flexibility index (Phi) is 5.68. The molecule has 1 atom stereocenters. The zero-order valence-electron chi connectivity index (χ0n) is 15.2. The number of likely N-dealkylation sites (tertiary alicyclic amines) is 1. The van der Waals surface area contributed by atoms with E-state index >= 15 is 0 Å². The maximum atomic E-state index is 12.8. The fraction of sp³-hybridized carbons (Fsp3) is 0.421. The molecule has 3 rings (SSSR count). The van der Waals surface area contributed by atoms with Crippen LogP contribution >= 0.6 is 0 Å². The van der Waals surface area contributed by atoms with Crippen molar-refractivity contribution in [3.8, 4) is 5.69 Å². The molecule has 26 heavy (non-hydrogen) atoms. The van der Waals surface area contributed by atoms with Crippen molar-refractivity contribution in [3.63, 3.8) is 0 Å². The summed E-state index contributed by atoms with van der Waals surface area (Å²) in [6.07, 6.45) is 5.59. The number of nitrogens with zero attached hydrogens (tertiary/aromatic N) is 3. The maximum Gasteiger partial charge on any atom is 0.253 e. The summed E-state index contributed by atoms with van der Waals surface area (Å²) in [7, 11) is 2.08. The van der Waals surface area contributed by atoms with E-state index in [-0.39, 0.29) is 17.9 Å². The van der Waals surface area contributed by atoms with E-state index in [0.717, 1.165) is 37.3 Å². The van der Waals surface area contributed by atoms with E-state index in [0.29, 0.717) is 12.1 Å². The number of carbonyl (C=O) groups excluding carboxylic acids is 2. The van der Waals surface area contributed by atoms with Gasteiger partial charge in [0.05, 0.1) is 29.8 Å². The van der Waals surface area contributed by atoms with Crippen molar-refractivity contribution in [3.05, 3.63) is 48.0 Å². The molecule has 1 aliphatic rings. The van der Waals surface area contributed by atoms with E-state index < -0.39 is 0 Å². The van der Waals surface area contributed by atoms with Crippen LogP contribution < -0.4 is 10.6 Å². The number of likely N-dealkylation sites (N-methyl/N-ethyl adjacent to an activating group) is 1. The molecule has 2 N–H and O–H groups in total. The molecule has 1 aliphatic heterocycles. The molecular formula is C19H25N5O2. The molecule has 0 spiro atoms. The first-order valence-corrected chi connectivity index (χ1v) is 8.89. The number of nitrogens with one attached hydrogen (secondary N) is 2. The van der Waals surface area contributed by atoms with Gasteiger partial charge in [-0.3, -0.25) is 9.59 Å². The van der Waals surface area contributed by atoms with Gasteiger partial charge in [0.2, 0.25) is 5.91 Å². The minimum absolute atomic E-state index is 0.0713. The first kappa shape index (κ1) is 18.1. The van der Waals surface area contributed by atoms with Crippen LogP contribution in [0.2, 0.25) is 0 Å². The molecule has 0 bridgehead atoms. The summed E-state index contributed by atoms with van der Waals surface area (Å²) in [4.78, 5) is 30.4. The molecule has 0 aliphatic carbocycles. The van der Waals surface area contributed by atoms with Crippen LogP contribution in [0, 0.1) is 0 Å². The predicted molar refractivity (Wildman–Crippen MR) is 99.1 cm³/mol. The Morgan fingerprint density at radius 2 is 2.12 bits per heavy atom. The zero-order valence-corrected chi connectivity index (χ0v) is 15.2. The first-order valence-electron chi connectivity index (χ1n) is 8.89. The van der Waals surface area contributed by atoms with Crippen LogP contribution in [0.1, 0.15) is 35.8 Å². The number of imidazole rings is 1. The summed E-state index contributed by atoms with van der Waals surface area (Å²) in [5.74, 6) is -0.171. The number of para-hydroxylation sites is 1. The molecule has 0 radical (unpaired) electrons. The number of carbonyl (C=O) groups is 2. The van der Waals surface area contributed by atoms with E-state index in [9.17, 15) is 9.59 Å². The molecule has 1 aromatic heterocycles. The van der Waals surface area contributed by atoms with Crippen LogP contribution in [0.4, 0.5) is 0 Å². The molecule has 1 saturated heterocycles. The fourth-order valence-electron chi connectivity index (χ4n) is 3.24. The fourth-order valence-corrected chi connectivity index (χ4v) is 3.24. The van der Waals surface area contributed by atoms with E-state index in [4.69, 9.17) is 0 Å². The van der Waals surface area contributed by atoms with Gasteiger partial charge < -0.3 is 20.1 Å². The van der Waals surface area contributed by atoms with Crippen LogP contribution in [0.5, 0.6) is 0 Å². The number of benzene rings is 1. The number of aromatic nitrogens is 2. The van der Waals surface area contributed by atoms with Crippen molar-refractivity contribution in [2.75, 3.05) is 20.1 Å². The number of hydrogen-bond donors (Lipinski definition) is 2. The van der Waals surface area contributed by atoms with Gasteiger partial charge in [-0.2, -0.15) is 0 Å². The van der Waals surface area contributed by atoms with Gasteiger partial charge in [0.15, 0.2) is 0 Å². The van der Waals surface area contributed by atoms with Crippen LogP contribution in [0.15, 0.2) is 36.8 Å². The third-order valence-corrected chi connectivity index (χ3v) is 4.54. The number of rotatable bonds is 5. The normalized spacial score (nSPS) is 17.7. The van der Waals surface area contributed by atoms with Gasteiger partial charge in [-0.25, -0.2) is 4.98 Å². The van der Waals surface area contributed by atoms with Crippen molar-refractivity contribution < 1.29 is 9.59 Å². The van der Waals surface area contributed by atoms with E-state index in [2.05, 4.69) is 27.6 Å². The number of piperidine rings is 1. The highest BCUT2D eigenvalue weighted by atomic mass is 16.2. The minimum atomic E-state index is -0.100. The molecule has 2 heterocycles. The third-order valence-electron chi connectivity index (χ3n) is 4.54. The SMILES string of the molecule is CC(=O)NCc1cn(-c2ccccc2C(=O)N[C@H]2CCCN(C)C2)cn1. The molecule has 1 fully saturated rings. The summed E-state index contributed by atoms with van der Waals surface area (Å²) < 4.78 is 1.82. The lowest BCUT2D eigenvalue weighted by Crippen LogP contribution is -2.46. The molecule has 7 nitrogen and oxygen atoms in total. The minimum Gasteiger partial charge on any atom is -0.351 e. The summed E-state index contributed by atoms with van der Waals surface area (Å²) in [5.41, 5.74) is 2.13. The Hall–Kier alpha value is -2.67. The van der Waals surface area contributed by atoms with Crippen LogP contribution in [-0.4, -0.2) is 52.4 Å². The van der Waals surface area contributed by atoms with Gasteiger partial charge in [0.1, 0.15) is 0 Å².